The maximum Gasteiger partial charge on any atom is 0.253 e. The molecule has 5 nitrogen and oxygen atoms in total. The van der Waals surface area contributed by atoms with Crippen LogP contribution in [0.15, 0.2) is 79.5 Å². The molecule has 1 aliphatic rings. The zero-order valence-electron chi connectivity index (χ0n) is 18.2. The molecule has 1 aliphatic heterocycles. The number of amides is 1. The first kappa shape index (κ1) is 20.4. The van der Waals surface area contributed by atoms with Crippen LogP contribution in [0.1, 0.15) is 40.7 Å². The van der Waals surface area contributed by atoms with E-state index in [4.69, 9.17) is 0 Å². The zero-order chi connectivity index (χ0) is 21.8. The van der Waals surface area contributed by atoms with E-state index in [0.717, 1.165) is 62.0 Å². The molecular formula is C27H28N4O. The summed E-state index contributed by atoms with van der Waals surface area (Å²) in [4.78, 5) is 24.0. The van der Waals surface area contributed by atoms with Gasteiger partial charge in [-0.05, 0) is 60.9 Å². The van der Waals surface area contributed by atoms with Gasteiger partial charge < -0.3 is 9.47 Å². The fourth-order valence-corrected chi connectivity index (χ4v) is 4.79. The molecule has 0 radical (unpaired) electrons. The lowest BCUT2D eigenvalue weighted by Gasteiger charge is -2.21. The van der Waals surface area contributed by atoms with Gasteiger partial charge in [-0.15, -0.1) is 0 Å². The van der Waals surface area contributed by atoms with Crippen LogP contribution >= 0.6 is 0 Å². The number of para-hydroxylation sites is 1. The van der Waals surface area contributed by atoms with Gasteiger partial charge in [-0.1, -0.05) is 36.4 Å². The topological polar surface area (TPSA) is 51.0 Å². The van der Waals surface area contributed by atoms with Gasteiger partial charge in [0.25, 0.3) is 5.91 Å². The van der Waals surface area contributed by atoms with Crippen LogP contribution in [0.3, 0.4) is 0 Å². The van der Waals surface area contributed by atoms with Crippen molar-refractivity contribution < 1.29 is 4.79 Å². The first-order valence-corrected chi connectivity index (χ1v) is 11.4. The van der Waals surface area contributed by atoms with E-state index >= 15 is 0 Å². The van der Waals surface area contributed by atoms with Gasteiger partial charge in [-0.2, -0.15) is 0 Å². The Balaban J connectivity index is 1.25. The minimum atomic E-state index is 0.143. The van der Waals surface area contributed by atoms with E-state index in [1.54, 1.807) is 12.5 Å². The summed E-state index contributed by atoms with van der Waals surface area (Å²) < 4.78 is 2.02. The Morgan fingerprint density at radius 2 is 1.91 bits per heavy atom. The molecule has 4 aromatic rings. The Morgan fingerprint density at radius 1 is 1.00 bits per heavy atom. The zero-order valence-corrected chi connectivity index (χ0v) is 18.2. The van der Waals surface area contributed by atoms with Crippen LogP contribution in [0.25, 0.3) is 10.9 Å². The van der Waals surface area contributed by atoms with E-state index in [-0.39, 0.29) is 5.91 Å². The number of carbonyl (C=O) groups excluding carboxylic acids is 1. The van der Waals surface area contributed by atoms with E-state index in [9.17, 15) is 4.79 Å². The minimum absolute atomic E-state index is 0.143. The van der Waals surface area contributed by atoms with Crippen molar-refractivity contribution in [1.29, 1.82) is 0 Å². The number of pyridine rings is 1. The SMILES string of the molecule is O=C(c1cccc(Cn2ccnc2)c1)N1CCCC(Cc2cccc3cccnc23)CC1. The molecule has 0 aliphatic carbocycles. The molecule has 2 aromatic heterocycles. The van der Waals surface area contributed by atoms with Crippen molar-refractivity contribution in [1.82, 2.24) is 19.4 Å². The molecule has 0 bridgehead atoms. The van der Waals surface area contributed by atoms with E-state index in [1.807, 2.05) is 46.1 Å². The summed E-state index contributed by atoms with van der Waals surface area (Å²) in [6.07, 6.45) is 11.6. The minimum Gasteiger partial charge on any atom is -0.339 e. The van der Waals surface area contributed by atoms with Crippen LogP contribution in [0.4, 0.5) is 0 Å². The second-order valence-electron chi connectivity index (χ2n) is 8.72. The van der Waals surface area contributed by atoms with Gasteiger partial charge >= 0.3 is 0 Å². The standard InChI is InChI=1S/C27H28N4O/c32-27(25-9-1-5-22(18-25)19-30-16-13-28-20-30)31-14-4-6-21(11-15-31)17-24-8-2-7-23-10-3-12-29-26(23)24/h1-3,5,7-10,12-13,16,18,20-21H,4,6,11,14-15,17,19H2. The monoisotopic (exact) mass is 424 g/mol. The maximum atomic E-state index is 13.2. The van der Waals surface area contributed by atoms with Crippen molar-refractivity contribution in [3.8, 4) is 0 Å². The van der Waals surface area contributed by atoms with Gasteiger partial charge in [0, 0.05) is 49.2 Å². The third-order valence-electron chi connectivity index (χ3n) is 6.46. The normalized spacial score (nSPS) is 16.8. The van der Waals surface area contributed by atoms with Crippen LogP contribution in [-0.4, -0.2) is 38.4 Å². The van der Waals surface area contributed by atoms with Crippen molar-refractivity contribution in [2.45, 2.75) is 32.2 Å². The summed E-state index contributed by atoms with van der Waals surface area (Å²) in [5, 5.41) is 1.20. The molecular weight excluding hydrogens is 396 g/mol. The first-order valence-electron chi connectivity index (χ1n) is 11.4. The Hall–Kier alpha value is -3.47. The molecule has 2 aromatic carbocycles. The fraction of sp³-hybridized carbons (Fsp3) is 0.296. The number of likely N-dealkylation sites (tertiary alicyclic amines) is 1. The van der Waals surface area contributed by atoms with Crippen molar-refractivity contribution in [2.75, 3.05) is 13.1 Å². The summed E-state index contributed by atoms with van der Waals surface area (Å²) in [7, 11) is 0. The highest BCUT2D eigenvalue weighted by atomic mass is 16.2. The van der Waals surface area contributed by atoms with Gasteiger partial charge in [-0.25, -0.2) is 4.98 Å². The van der Waals surface area contributed by atoms with E-state index < -0.39 is 0 Å². The highest BCUT2D eigenvalue weighted by Crippen LogP contribution is 2.26. The average molecular weight is 425 g/mol. The Morgan fingerprint density at radius 3 is 2.81 bits per heavy atom. The van der Waals surface area contributed by atoms with Gasteiger partial charge in [0.15, 0.2) is 0 Å². The summed E-state index contributed by atoms with van der Waals surface area (Å²) >= 11 is 0. The maximum absolute atomic E-state index is 13.2. The molecule has 32 heavy (non-hydrogen) atoms. The number of imidazole rings is 1. The van der Waals surface area contributed by atoms with Crippen LogP contribution in [0.5, 0.6) is 0 Å². The molecule has 0 N–H and O–H groups in total. The molecule has 162 valence electrons. The molecule has 0 spiro atoms. The summed E-state index contributed by atoms with van der Waals surface area (Å²) in [5.74, 6) is 0.720. The van der Waals surface area contributed by atoms with Crippen LogP contribution in [0, 0.1) is 5.92 Å². The molecule has 3 heterocycles. The number of rotatable bonds is 5. The molecule has 5 heteroatoms. The molecule has 1 saturated heterocycles. The van der Waals surface area contributed by atoms with Crippen LogP contribution in [0.2, 0.25) is 0 Å². The number of hydrogen-bond donors (Lipinski definition) is 0. The van der Waals surface area contributed by atoms with E-state index in [0.29, 0.717) is 5.92 Å². The molecule has 0 saturated carbocycles. The summed E-state index contributed by atoms with van der Waals surface area (Å²) in [6, 6.07) is 18.6. The van der Waals surface area contributed by atoms with Crippen molar-refractivity contribution in [2.24, 2.45) is 5.92 Å². The number of hydrogen-bond acceptors (Lipinski definition) is 3. The lowest BCUT2D eigenvalue weighted by atomic mass is 9.91. The first-order chi connectivity index (χ1) is 15.8. The van der Waals surface area contributed by atoms with Crippen LogP contribution in [-0.2, 0) is 13.0 Å². The number of aromatic nitrogens is 3. The lowest BCUT2D eigenvalue weighted by molar-refractivity contribution is 0.0760. The van der Waals surface area contributed by atoms with E-state index in [1.165, 1.54) is 10.9 Å². The molecule has 1 atom stereocenters. The molecule has 1 amide bonds. The Bertz CT molecular complexity index is 1200. The largest absolute Gasteiger partial charge is 0.339 e. The third kappa shape index (κ3) is 4.57. The predicted molar refractivity (Wildman–Crippen MR) is 126 cm³/mol. The number of carbonyl (C=O) groups is 1. The number of fused-ring (bicyclic) bond motifs is 1. The van der Waals surface area contributed by atoms with Crippen LogP contribution < -0.4 is 0 Å². The Labute approximate surface area is 188 Å². The number of nitrogens with zero attached hydrogens (tertiary/aromatic N) is 4. The molecule has 1 unspecified atom stereocenters. The Kier molecular flexibility index (Phi) is 5.97. The third-order valence-corrected chi connectivity index (χ3v) is 6.46. The molecule has 1 fully saturated rings. The predicted octanol–water partition coefficient (Wildman–Crippen LogP) is 4.96. The highest BCUT2D eigenvalue weighted by Gasteiger charge is 2.22. The van der Waals surface area contributed by atoms with Crippen molar-refractivity contribution in [3.05, 3.63) is 96.2 Å². The van der Waals surface area contributed by atoms with Gasteiger partial charge in [0.05, 0.1) is 11.8 Å². The average Bonchev–Trinajstić information content (AvgIpc) is 3.23. The molecule has 5 rings (SSSR count). The van der Waals surface area contributed by atoms with E-state index in [2.05, 4.69) is 40.3 Å². The summed E-state index contributed by atoms with van der Waals surface area (Å²) in [6.45, 7) is 2.37. The second kappa shape index (κ2) is 9.35. The quantitative estimate of drug-likeness (QED) is 0.455. The summed E-state index contributed by atoms with van der Waals surface area (Å²) in [5.41, 5.74) is 4.33. The van der Waals surface area contributed by atoms with Crippen molar-refractivity contribution >= 4 is 16.8 Å². The number of benzene rings is 2. The van der Waals surface area contributed by atoms with Gasteiger partial charge in [0.2, 0.25) is 0 Å². The second-order valence-corrected chi connectivity index (χ2v) is 8.72. The highest BCUT2D eigenvalue weighted by molar-refractivity contribution is 5.94. The lowest BCUT2D eigenvalue weighted by Crippen LogP contribution is -2.32. The van der Waals surface area contributed by atoms with Gasteiger partial charge in [-0.3, -0.25) is 9.78 Å². The van der Waals surface area contributed by atoms with Crippen molar-refractivity contribution in [3.63, 3.8) is 0 Å². The fourth-order valence-electron chi connectivity index (χ4n) is 4.79. The smallest absolute Gasteiger partial charge is 0.253 e. The van der Waals surface area contributed by atoms with Gasteiger partial charge in [0.1, 0.15) is 0 Å².